The summed E-state index contributed by atoms with van der Waals surface area (Å²) in [6.45, 7) is 0. The maximum absolute atomic E-state index is 5.52. The van der Waals surface area contributed by atoms with Crippen LogP contribution in [0, 0.1) is 0 Å². The van der Waals surface area contributed by atoms with Crippen LogP contribution >= 0.6 is 0 Å². The molecule has 3 heterocycles. The van der Waals surface area contributed by atoms with Gasteiger partial charge in [0.1, 0.15) is 0 Å². The topological polar surface area (TPSA) is 43.6 Å². The van der Waals surface area contributed by atoms with Gasteiger partial charge >= 0.3 is 0 Å². The molecule has 0 bridgehead atoms. The minimum Gasteiger partial charge on any atom is -0.308 e. The first-order valence-electron chi connectivity index (χ1n) is 17.2. The molecule has 0 spiro atoms. The van der Waals surface area contributed by atoms with Gasteiger partial charge in [0.25, 0.3) is 0 Å². The minimum absolute atomic E-state index is 0.685. The number of hydrogen-bond donors (Lipinski definition) is 0. The Balaban J connectivity index is 1.22. The van der Waals surface area contributed by atoms with Gasteiger partial charge in [0.15, 0.2) is 5.82 Å². The van der Waals surface area contributed by atoms with Gasteiger partial charge in [0, 0.05) is 49.5 Å². The molecule has 0 atom stereocenters. The van der Waals surface area contributed by atoms with Crippen molar-refractivity contribution in [1.82, 2.24) is 19.5 Å². The average molecular weight is 651 g/mol. The highest BCUT2D eigenvalue weighted by atomic mass is 15.0. The fraction of sp³-hybridized carbons (Fsp3) is 0. The lowest BCUT2D eigenvalue weighted by Gasteiger charge is -2.13. The molecule has 0 N–H and O–H groups in total. The van der Waals surface area contributed by atoms with Gasteiger partial charge < -0.3 is 4.57 Å². The summed E-state index contributed by atoms with van der Waals surface area (Å²) in [7, 11) is 0. The highest BCUT2D eigenvalue weighted by Crippen LogP contribution is 2.43. The van der Waals surface area contributed by atoms with E-state index in [4.69, 9.17) is 15.0 Å². The summed E-state index contributed by atoms with van der Waals surface area (Å²) in [4.78, 5) is 15.7. The molecule has 0 amide bonds. The summed E-state index contributed by atoms with van der Waals surface area (Å²) in [5.41, 5.74) is 11.3. The number of nitrogens with zero attached hydrogens (tertiary/aromatic N) is 4. The van der Waals surface area contributed by atoms with Crippen LogP contribution in [0.25, 0.3) is 94.3 Å². The predicted molar refractivity (Wildman–Crippen MR) is 211 cm³/mol. The van der Waals surface area contributed by atoms with E-state index in [0.717, 1.165) is 77.7 Å². The molecule has 0 aliphatic carbocycles. The maximum Gasteiger partial charge on any atom is 0.160 e. The standard InChI is InChI=1S/C47H30N4/c1-4-15-32(16-5-1)40-30-41(33-17-6-2-7-18-33)49-47(48-40)35-26-24-34(25-27-35)44-43-38-22-12-13-23-42(38)51(36-19-8-3-9-20-36)46(43)39-29-28-31-14-10-11-21-37(31)45(39)50-44/h1-30H. The van der Waals surface area contributed by atoms with Crippen LogP contribution in [-0.2, 0) is 0 Å². The van der Waals surface area contributed by atoms with Crippen molar-refractivity contribution in [3.05, 3.63) is 182 Å². The van der Waals surface area contributed by atoms with Crippen LogP contribution < -0.4 is 0 Å². The van der Waals surface area contributed by atoms with Crippen molar-refractivity contribution in [3.8, 4) is 50.8 Å². The zero-order valence-electron chi connectivity index (χ0n) is 27.6. The Labute approximate surface area is 295 Å². The van der Waals surface area contributed by atoms with Crippen LogP contribution in [-0.4, -0.2) is 19.5 Å². The lowest BCUT2D eigenvalue weighted by molar-refractivity contribution is 1.18. The van der Waals surface area contributed by atoms with Crippen LogP contribution in [0.3, 0.4) is 0 Å². The molecule has 238 valence electrons. The zero-order valence-corrected chi connectivity index (χ0v) is 27.6. The van der Waals surface area contributed by atoms with E-state index in [9.17, 15) is 0 Å². The molecule has 0 saturated heterocycles. The number of hydrogen-bond acceptors (Lipinski definition) is 3. The van der Waals surface area contributed by atoms with Crippen molar-refractivity contribution in [2.45, 2.75) is 0 Å². The van der Waals surface area contributed by atoms with Crippen LogP contribution in [0.4, 0.5) is 0 Å². The third-order valence-corrected chi connectivity index (χ3v) is 9.79. The Morgan fingerprint density at radius 3 is 1.65 bits per heavy atom. The Hall–Kier alpha value is -6.91. The Bertz CT molecular complexity index is 2820. The maximum atomic E-state index is 5.52. The SMILES string of the molecule is c1ccc(-c2cc(-c3ccccc3)nc(-c3ccc(-c4nc5c6ccccc6ccc5c5c4c4ccccc4n5-c4ccccc4)cc3)n2)cc1. The van der Waals surface area contributed by atoms with Gasteiger partial charge in [-0.2, -0.15) is 0 Å². The summed E-state index contributed by atoms with van der Waals surface area (Å²) in [6.07, 6.45) is 0. The van der Waals surface area contributed by atoms with Crippen LogP contribution in [0.5, 0.6) is 0 Å². The van der Waals surface area contributed by atoms with E-state index in [2.05, 4.69) is 150 Å². The van der Waals surface area contributed by atoms with Crippen molar-refractivity contribution in [2.75, 3.05) is 0 Å². The lowest BCUT2D eigenvalue weighted by atomic mass is 9.99. The molecular formula is C47H30N4. The molecule has 7 aromatic carbocycles. The molecule has 3 aromatic heterocycles. The quantitative estimate of drug-likeness (QED) is 0.174. The summed E-state index contributed by atoms with van der Waals surface area (Å²) in [6, 6.07) is 63.6. The molecule has 0 aliphatic heterocycles. The summed E-state index contributed by atoms with van der Waals surface area (Å²) >= 11 is 0. The molecule has 0 saturated carbocycles. The number of fused-ring (bicyclic) bond motifs is 7. The Morgan fingerprint density at radius 2 is 0.961 bits per heavy atom. The molecular weight excluding hydrogens is 621 g/mol. The van der Waals surface area contributed by atoms with Crippen molar-refractivity contribution >= 4 is 43.5 Å². The van der Waals surface area contributed by atoms with E-state index < -0.39 is 0 Å². The van der Waals surface area contributed by atoms with Crippen molar-refractivity contribution in [2.24, 2.45) is 0 Å². The molecule has 10 aromatic rings. The fourth-order valence-electron chi connectivity index (χ4n) is 7.39. The number of rotatable bonds is 5. The smallest absolute Gasteiger partial charge is 0.160 e. The normalized spacial score (nSPS) is 11.5. The number of benzene rings is 7. The largest absolute Gasteiger partial charge is 0.308 e. The van der Waals surface area contributed by atoms with Crippen LogP contribution in [0.2, 0.25) is 0 Å². The van der Waals surface area contributed by atoms with Gasteiger partial charge in [0.2, 0.25) is 0 Å². The zero-order chi connectivity index (χ0) is 33.7. The van der Waals surface area contributed by atoms with Crippen molar-refractivity contribution < 1.29 is 0 Å². The second kappa shape index (κ2) is 11.9. The first-order valence-corrected chi connectivity index (χ1v) is 17.2. The molecule has 0 fully saturated rings. The third-order valence-electron chi connectivity index (χ3n) is 9.79. The molecule has 4 heteroatoms. The van der Waals surface area contributed by atoms with Gasteiger partial charge in [-0.1, -0.05) is 158 Å². The predicted octanol–water partition coefficient (Wildman–Crippen LogP) is 11.9. The molecule has 51 heavy (non-hydrogen) atoms. The van der Waals surface area contributed by atoms with Gasteiger partial charge in [-0.05, 0) is 29.7 Å². The second-order valence-electron chi connectivity index (χ2n) is 12.8. The first-order chi connectivity index (χ1) is 25.3. The molecule has 10 rings (SSSR count). The second-order valence-corrected chi connectivity index (χ2v) is 12.8. The van der Waals surface area contributed by atoms with Gasteiger partial charge in [-0.3, -0.25) is 0 Å². The lowest BCUT2D eigenvalue weighted by Crippen LogP contribution is -1.97. The highest BCUT2D eigenvalue weighted by molar-refractivity contribution is 6.25. The van der Waals surface area contributed by atoms with E-state index in [1.165, 1.54) is 10.8 Å². The van der Waals surface area contributed by atoms with E-state index >= 15 is 0 Å². The monoisotopic (exact) mass is 650 g/mol. The van der Waals surface area contributed by atoms with E-state index in [1.54, 1.807) is 0 Å². The molecule has 0 radical (unpaired) electrons. The van der Waals surface area contributed by atoms with Gasteiger partial charge in [0.05, 0.1) is 33.6 Å². The summed E-state index contributed by atoms with van der Waals surface area (Å²) in [5, 5.41) is 5.75. The number of para-hydroxylation sites is 2. The van der Waals surface area contributed by atoms with Crippen LogP contribution in [0.1, 0.15) is 0 Å². The Kier molecular flexibility index (Phi) is 6.78. The van der Waals surface area contributed by atoms with Crippen LogP contribution in [0.15, 0.2) is 182 Å². The minimum atomic E-state index is 0.685. The highest BCUT2D eigenvalue weighted by Gasteiger charge is 2.21. The summed E-state index contributed by atoms with van der Waals surface area (Å²) < 4.78 is 2.40. The molecule has 4 nitrogen and oxygen atoms in total. The molecule has 0 aliphatic rings. The fourth-order valence-corrected chi connectivity index (χ4v) is 7.39. The van der Waals surface area contributed by atoms with Crippen molar-refractivity contribution in [3.63, 3.8) is 0 Å². The van der Waals surface area contributed by atoms with E-state index in [1.807, 2.05) is 36.4 Å². The number of pyridine rings is 1. The average Bonchev–Trinajstić information content (AvgIpc) is 3.57. The van der Waals surface area contributed by atoms with Crippen molar-refractivity contribution in [1.29, 1.82) is 0 Å². The van der Waals surface area contributed by atoms with E-state index in [-0.39, 0.29) is 0 Å². The van der Waals surface area contributed by atoms with Gasteiger partial charge in [-0.15, -0.1) is 0 Å². The van der Waals surface area contributed by atoms with E-state index in [0.29, 0.717) is 5.82 Å². The Morgan fingerprint density at radius 1 is 0.392 bits per heavy atom. The number of aromatic nitrogens is 4. The summed E-state index contributed by atoms with van der Waals surface area (Å²) in [5.74, 6) is 0.685. The third kappa shape index (κ3) is 4.88. The van der Waals surface area contributed by atoms with Gasteiger partial charge in [-0.25, -0.2) is 15.0 Å². The molecule has 0 unspecified atom stereocenters. The first kappa shape index (κ1) is 29.0.